The molecule has 2 aliphatic rings. The van der Waals surface area contributed by atoms with Gasteiger partial charge in [0.05, 0.1) is 44.4 Å². The van der Waals surface area contributed by atoms with Gasteiger partial charge in [-0.15, -0.1) is 16.6 Å². The molecule has 2 aliphatic heterocycles. The van der Waals surface area contributed by atoms with Gasteiger partial charge in [-0.25, -0.2) is 9.36 Å². The Morgan fingerprint density at radius 1 is 0.774 bits per heavy atom. The molecular formula is C41H67N15O6. The molecule has 62 heavy (non-hydrogen) atoms. The maximum absolute atomic E-state index is 14.1. The van der Waals surface area contributed by atoms with Gasteiger partial charge in [-0.05, 0) is 37.6 Å². The van der Waals surface area contributed by atoms with Crippen LogP contribution in [0.25, 0.3) is 0 Å². The van der Waals surface area contributed by atoms with Crippen LogP contribution in [0.4, 0.5) is 17.8 Å². The van der Waals surface area contributed by atoms with Crippen LogP contribution in [0.1, 0.15) is 70.4 Å². The van der Waals surface area contributed by atoms with Crippen molar-refractivity contribution < 1.29 is 28.9 Å². The van der Waals surface area contributed by atoms with E-state index in [0.29, 0.717) is 128 Å². The van der Waals surface area contributed by atoms with Gasteiger partial charge >= 0.3 is 0 Å². The number of carbonyl (C=O) groups is 2. The van der Waals surface area contributed by atoms with Crippen molar-refractivity contribution in [3.05, 3.63) is 23.8 Å². The predicted octanol–water partition coefficient (Wildman–Crippen LogP) is 0.448. The summed E-state index contributed by atoms with van der Waals surface area (Å²) in [6.45, 7) is 15.6. The number of amides is 2. The molecule has 0 aromatic carbocycles. The summed E-state index contributed by atoms with van der Waals surface area (Å²) in [5.74, 6) is 3.87. The fourth-order valence-corrected chi connectivity index (χ4v) is 7.39. The topological polar surface area (TPSA) is 233 Å². The monoisotopic (exact) mass is 866 g/mol. The fraction of sp³-hybridized carbons (Fsp3) is 0.732. The number of terminal acetylenes is 1. The van der Waals surface area contributed by atoms with Crippen molar-refractivity contribution in [3.8, 4) is 12.3 Å². The van der Waals surface area contributed by atoms with Crippen LogP contribution in [-0.2, 0) is 36.6 Å². The summed E-state index contributed by atoms with van der Waals surface area (Å²) in [4.78, 5) is 50.5. The summed E-state index contributed by atoms with van der Waals surface area (Å²) in [5, 5.41) is 29.8. The number of unbranched alkanes of at least 4 members (excludes halogenated alkanes) is 1. The second-order valence-electron chi connectivity index (χ2n) is 15.9. The smallest absolute Gasteiger partial charge is 0.247 e. The minimum absolute atomic E-state index is 0.0250. The van der Waals surface area contributed by atoms with E-state index in [9.17, 15) is 14.7 Å². The molecule has 0 bridgehead atoms. The molecule has 2 saturated heterocycles. The van der Waals surface area contributed by atoms with Crippen molar-refractivity contribution in [3.63, 3.8) is 0 Å². The molecule has 5 heterocycles. The van der Waals surface area contributed by atoms with E-state index in [1.54, 1.807) is 15.6 Å². The van der Waals surface area contributed by atoms with Crippen molar-refractivity contribution in [1.29, 1.82) is 0 Å². The van der Waals surface area contributed by atoms with Crippen LogP contribution in [0, 0.1) is 24.2 Å². The summed E-state index contributed by atoms with van der Waals surface area (Å²) >= 11 is 0. The summed E-state index contributed by atoms with van der Waals surface area (Å²) in [6, 6.07) is -0.973. The Bertz CT molecular complexity index is 1840. The van der Waals surface area contributed by atoms with Crippen molar-refractivity contribution in [1.82, 2.24) is 54.7 Å². The maximum atomic E-state index is 14.1. The van der Waals surface area contributed by atoms with E-state index in [2.05, 4.69) is 55.5 Å². The van der Waals surface area contributed by atoms with Gasteiger partial charge in [0.25, 0.3) is 0 Å². The molecule has 3 aromatic heterocycles. The van der Waals surface area contributed by atoms with Gasteiger partial charge in [0.15, 0.2) is 0 Å². The van der Waals surface area contributed by atoms with Crippen LogP contribution < -0.4 is 20.9 Å². The molecule has 5 rings (SSSR count). The number of aryl methyl sites for hydroxylation is 1. The number of nitrogens with two attached hydrogens (primary N) is 1. The van der Waals surface area contributed by atoms with Gasteiger partial charge in [0.2, 0.25) is 29.7 Å². The zero-order valence-electron chi connectivity index (χ0n) is 37.0. The lowest BCUT2D eigenvalue weighted by atomic mass is 9.97. The quantitative estimate of drug-likeness (QED) is 0.0734. The molecule has 21 heteroatoms. The Morgan fingerprint density at radius 2 is 1.31 bits per heavy atom. The van der Waals surface area contributed by atoms with Crippen LogP contribution in [-0.4, -0.2) is 183 Å². The van der Waals surface area contributed by atoms with Crippen molar-refractivity contribution >= 4 is 29.7 Å². The van der Waals surface area contributed by atoms with E-state index < -0.39 is 12.1 Å². The van der Waals surface area contributed by atoms with Crippen LogP contribution in [0.15, 0.2) is 12.4 Å². The number of aromatic nitrogens is 9. The van der Waals surface area contributed by atoms with Crippen LogP contribution in [0.5, 0.6) is 0 Å². The number of anilines is 3. The SMILES string of the molecule is C#CCOCCOCCOCCNc1nc(N2CCN(C(=O)[C@H](C(C)C)n3cc(CCO)nn3)CC2)nc(N2CCN(C(=O)[C@H]([C@@H](C)CC)n3cc(CCCCN)nn3)CC2)n1. The Labute approximate surface area is 365 Å². The third-order valence-electron chi connectivity index (χ3n) is 11.1. The Kier molecular flexibility index (Phi) is 19.5. The van der Waals surface area contributed by atoms with Gasteiger partial charge in [0, 0.05) is 84.3 Å². The first-order valence-electron chi connectivity index (χ1n) is 22.0. The lowest BCUT2D eigenvalue weighted by molar-refractivity contribution is -0.137. The molecule has 3 atom stereocenters. The summed E-state index contributed by atoms with van der Waals surface area (Å²) in [5.41, 5.74) is 7.19. The second-order valence-corrected chi connectivity index (χ2v) is 15.9. The number of rotatable bonds is 26. The molecular weight excluding hydrogens is 799 g/mol. The first kappa shape index (κ1) is 48.0. The molecule has 0 unspecified atom stereocenters. The first-order chi connectivity index (χ1) is 30.2. The zero-order valence-corrected chi connectivity index (χ0v) is 37.0. The fourth-order valence-electron chi connectivity index (χ4n) is 7.39. The molecule has 3 aromatic rings. The predicted molar refractivity (Wildman–Crippen MR) is 232 cm³/mol. The van der Waals surface area contributed by atoms with E-state index >= 15 is 0 Å². The number of hydrogen-bond acceptors (Lipinski definition) is 17. The van der Waals surface area contributed by atoms with Crippen molar-refractivity contribution in [2.75, 3.05) is 127 Å². The van der Waals surface area contributed by atoms with Gasteiger partial charge in [-0.3, -0.25) is 9.59 Å². The average molecular weight is 866 g/mol. The van der Waals surface area contributed by atoms with Gasteiger partial charge in [0.1, 0.15) is 18.7 Å². The number of ether oxygens (including phenoxy) is 3. The standard InChI is InChI=1S/C41H67N15O6/c1-6-23-60-25-27-62-28-26-61-24-13-43-39-44-40(53-18-14-51(15-19-53)37(58)35(31(3)4)55-30-34(11-22-57)48-49-55)46-41(45-39)54-20-16-52(17-21-54)38(59)36(32(5)7-2)56-29-33(47-50-56)10-8-9-12-42/h1,29-32,35-36,57H,7-28,42H2,2-5H3,(H,43,44,45,46)/t32-,35-,36-/m0/s1. The second kappa shape index (κ2) is 25.2. The van der Waals surface area contributed by atoms with Gasteiger partial charge in [-0.2, -0.15) is 15.0 Å². The number of nitrogens with one attached hydrogen (secondary N) is 1. The van der Waals surface area contributed by atoms with Crippen LogP contribution in [0.3, 0.4) is 0 Å². The highest BCUT2D eigenvalue weighted by Crippen LogP contribution is 2.26. The minimum atomic E-state index is -0.520. The third kappa shape index (κ3) is 13.7. The van der Waals surface area contributed by atoms with E-state index in [4.69, 9.17) is 41.3 Å². The van der Waals surface area contributed by atoms with Gasteiger partial charge in [-0.1, -0.05) is 50.5 Å². The summed E-state index contributed by atoms with van der Waals surface area (Å²) in [6.07, 6.45) is 12.7. The first-order valence-corrected chi connectivity index (χ1v) is 22.0. The zero-order chi connectivity index (χ0) is 44.3. The summed E-state index contributed by atoms with van der Waals surface area (Å²) < 4.78 is 19.9. The average Bonchev–Trinajstić information content (AvgIpc) is 3.95. The number of piperazine rings is 2. The minimum Gasteiger partial charge on any atom is -0.396 e. The molecule has 342 valence electrons. The number of carbonyl (C=O) groups excluding carboxylic acids is 2. The third-order valence-corrected chi connectivity index (χ3v) is 11.1. The molecule has 2 amide bonds. The number of aliphatic hydroxyl groups excluding tert-OH is 1. The molecule has 0 spiro atoms. The Morgan fingerprint density at radius 3 is 1.84 bits per heavy atom. The molecule has 0 radical (unpaired) electrons. The number of nitrogens with zero attached hydrogens (tertiary/aromatic N) is 13. The van der Waals surface area contributed by atoms with E-state index in [-0.39, 0.29) is 36.9 Å². The lowest BCUT2D eigenvalue weighted by Gasteiger charge is -2.38. The normalized spacial score (nSPS) is 16.1. The van der Waals surface area contributed by atoms with Crippen molar-refractivity contribution in [2.45, 2.75) is 71.9 Å². The molecule has 0 saturated carbocycles. The highest BCUT2D eigenvalue weighted by atomic mass is 16.5. The van der Waals surface area contributed by atoms with Gasteiger partial charge < -0.3 is 50.0 Å². The number of aliphatic hydroxyl groups is 1. The Balaban J connectivity index is 1.23. The maximum Gasteiger partial charge on any atom is 0.247 e. The van der Waals surface area contributed by atoms with Crippen LogP contribution in [0.2, 0.25) is 0 Å². The highest BCUT2D eigenvalue weighted by molar-refractivity contribution is 5.81. The van der Waals surface area contributed by atoms with E-state index in [1.807, 2.05) is 29.8 Å². The van der Waals surface area contributed by atoms with E-state index in [0.717, 1.165) is 31.4 Å². The van der Waals surface area contributed by atoms with Crippen molar-refractivity contribution in [2.24, 2.45) is 17.6 Å². The Hall–Kier alpha value is -5.01. The molecule has 21 nitrogen and oxygen atoms in total. The van der Waals surface area contributed by atoms with Crippen LogP contribution >= 0.6 is 0 Å². The lowest BCUT2D eigenvalue weighted by Crippen LogP contribution is -2.52. The molecule has 0 aliphatic carbocycles. The largest absolute Gasteiger partial charge is 0.396 e. The van der Waals surface area contributed by atoms with E-state index in [1.165, 1.54) is 0 Å². The highest BCUT2D eigenvalue weighted by Gasteiger charge is 2.35. The molecule has 2 fully saturated rings. The number of hydrogen-bond donors (Lipinski definition) is 3. The molecule has 4 N–H and O–H groups in total. The summed E-state index contributed by atoms with van der Waals surface area (Å²) in [7, 11) is 0.